The van der Waals surface area contributed by atoms with Crippen molar-refractivity contribution >= 4 is 46.6 Å². The molecular formula is C14H12Cl2N2OS. The predicted octanol–water partition coefficient (Wildman–Crippen LogP) is 4.75. The SMILES string of the molecule is CCSc1ccccc1NC(=O)c1nc(Cl)ccc1Cl. The summed E-state index contributed by atoms with van der Waals surface area (Å²) in [5.74, 6) is 0.546. The van der Waals surface area contributed by atoms with E-state index in [9.17, 15) is 4.79 Å². The molecule has 20 heavy (non-hydrogen) atoms. The van der Waals surface area contributed by atoms with Crippen molar-refractivity contribution in [2.45, 2.75) is 11.8 Å². The Labute approximate surface area is 131 Å². The molecule has 0 saturated heterocycles. The molecule has 0 aliphatic heterocycles. The molecule has 0 bridgehead atoms. The Morgan fingerprint density at radius 2 is 2.00 bits per heavy atom. The third-order valence-electron chi connectivity index (χ3n) is 2.46. The maximum Gasteiger partial charge on any atom is 0.275 e. The Bertz CT molecular complexity index is 634. The number of hydrogen-bond acceptors (Lipinski definition) is 3. The average molecular weight is 327 g/mol. The number of carbonyl (C=O) groups excluding carboxylic acids is 1. The van der Waals surface area contributed by atoms with E-state index < -0.39 is 0 Å². The zero-order valence-electron chi connectivity index (χ0n) is 10.7. The van der Waals surface area contributed by atoms with Gasteiger partial charge in [0.05, 0.1) is 10.7 Å². The summed E-state index contributed by atoms with van der Waals surface area (Å²) in [4.78, 5) is 17.2. The summed E-state index contributed by atoms with van der Waals surface area (Å²) in [6.45, 7) is 2.05. The van der Waals surface area contributed by atoms with E-state index >= 15 is 0 Å². The van der Waals surface area contributed by atoms with Gasteiger partial charge < -0.3 is 5.32 Å². The number of rotatable bonds is 4. The number of nitrogens with one attached hydrogen (secondary N) is 1. The number of anilines is 1. The molecular weight excluding hydrogens is 315 g/mol. The monoisotopic (exact) mass is 326 g/mol. The van der Waals surface area contributed by atoms with Crippen LogP contribution in [0, 0.1) is 0 Å². The lowest BCUT2D eigenvalue weighted by Gasteiger charge is -2.10. The van der Waals surface area contributed by atoms with Crippen LogP contribution in [0.4, 0.5) is 5.69 Å². The van der Waals surface area contributed by atoms with E-state index in [1.54, 1.807) is 23.9 Å². The summed E-state index contributed by atoms with van der Waals surface area (Å²) in [5, 5.41) is 3.32. The molecule has 1 aromatic carbocycles. The van der Waals surface area contributed by atoms with Crippen molar-refractivity contribution in [3.63, 3.8) is 0 Å². The molecule has 0 fully saturated rings. The van der Waals surface area contributed by atoms with Gasteiger partial charge in [0.2, 0.25) is 0 Å². The molecule has 0 spiro atoms. The normalized spacial score (nSPS) is 10.3. The Hall–Kier alpha value is -1.23. The van der Waals surface area contributed by atoms with Gasteiger partial charge in [-0.1, -0.05) is 42.3 Å². The molecule has 3 nitrogen and oxygen atoms in total. The van der Waals surface area contributed by atoms with Gasteiger partial charge in [0.15, 0.2) is 0 Å². The number of nitrogens with zero attached hydrogens (tertiary/aromatic N) is 1. The maximum atomic E-state index is 12.2. The van der Waals surface area contributed by atoms with Gasteiger partial charge in [0.1, 0.15) is 10.8 Å². The molecule has 104 valence electrons. The second kappa shape index (κ2) is 6.97. The highest BCUT2D eigenvalue weighted by Gasteiger charge is 2.14. The van der Waals surface area contributed by atoms with Crippen LogP contribution in [0.1, 0.15) is 17.4 Å². The highest BCUT2D eigenvalue weighted by molar-refractivity contribution is 7.99. The second-order valence-corrected chi connectivity index (χ2v) is 5.95. The number of para-hydroxylation sites is 1. The van der Waals surface area contributed by atoms with Crippen LogP contribution in [0.2, 0.25) is 10.2 Å². The summed E-state index contributed by atoms with van der Waals surface area (Å²) in [6.07, 6.45) is 0. The maximum absolute atomic E-state index is 12.2. The van der Waals surface area contributed by atoms with Gasteiger partial charge in [0, 0.05) is 4.90 Å². The van der Waals surface area contributed by atoms with Crippen LogP contribution >= 0.6 is 35.0 Å². The summed E-state index contributed by atoms with van der Waals surface area (Å²) in [7, 11) is 0. The summed E-state index contributed by atoms with van der Waals surface area (Å²) in [5.41, 5.74) is 0.859. The topological polar surface area (TPSA) is 42.0 Å². The molecule has 2 rings (SSSR count). The third kappa shape index (κ3) is 3.66. The standard InChI is InChI=1S/C14H12Cl2N2OS/c1-2-20-11-6-4-3-5-10(11)17-14(19)13-9(15)7-8-12(16)18-13/h3-8H,2H2,1H3,(H,17,19). The number of amides is 1. The minimum Gasteiger partial charge on any atom is -0.320 e. The van der Waals surface area contributed by atoms with Gasteiger partial charge >= 0.3 is 0 Å². The Morgan fingerprint density at radius 3 is 2.75 bits per heavy atom. The van der Waals surface area contributed by atoms with Gasteiger partial charge in [-0.15, -0.1) is 11.8 Å². The van der Waals surface area contributed by atoms with Crippen molar-refractivity contribution in [1.29, 1.82) is 0 Å². The largest absolute Gasteiger partial charge is 0.320 e. The van der Waals surface area contributed by atoms with E-state index in [-0.39, 0.29) is 21.8 Å². The lowest BCUT2D eigenvalue weighted by Crippen LogP contribution is -2.15. The Morgan fingerprint density at radius 1 is 1.25 bits per heavy atom. The van der Waals surface area contributed by atoms with Gasteiger partial charge in [-0.2, -0.15) is 0 Å². The Balaban J connectivity index is 2.26. The fourth-order valence-electron chi connectivity index (χ4n) is 1.61. The summed E-state index contributed by atoms with van der Waals surface area (Å²) < 4.78 is 0. The fourth-order valence-corrected chi connectivity index (χ4v) is 2.71. The number of hydrogen-bond donors (Lipinski definition) is 1. The minimum absolute atomic E-state index is 0.121. The van der Waals surface area contributed by atoms with E-state index in [0.717, 1.165) is 16.3 Å². The van der Waals surface area contributed by atoms with E-state index in [0.29, 0.717) is 0 Å². The molecule has 1 N–H and O–H groups in total. The van der Waals surface area contributed by atoms with E-state index in [2.05, 4.69) is 17.2 Å². The molecule has 1 heterocycles. The van der Waals surface area contributed by atoms with Crippen molar-refractivity contribution in [3.05, 3.63) is 52.3 Å². The first-order valence-electron chi connectivity index (χ1n) is 5.97. The number of carbonyl (C=O) groups is 1. The lowest BCUT2D eigenvalue weighted by atomic mass is 10.3. The highest BCUT2D eigenvalue weighted by atomic mass is 35.5. The van der Waals surface area contributed by atoms with Crippen molar-refractivity contribution in [3.8, 4) is 0 Å². The number of pyridine rings is 1. The van der Waals surface area contributed by atoms with E-state index in [1.165, 1.54) is 0 Å². The van der Waals surface area contributed by atoms with Gasteiger partial charge in [-0.25, -0.2) is 4.98 Å². The number of halogens is 2. The molecule has 0 aliphatic rings. The predicted molar refractivity (Wildman–Crippen MR) is 85.1 cm³/mol. The zero-order valence-corrected chi connectivity index (χ0v) is 13.0. The Kier molecular flexibility index (Phi) is 5.29. The van der Waals surface area contributed by atoms with Crippen molar-refractivity contribution in [2.75, 3.05) is 11.1 Å². The van der Waals surface area contributed by atoms with Crippen LogP contribution in [0.15, 0.2) is 41.3 Å². The highest BCUT2D eigenvalue weighted by Crippen LogP contribution is 2.27. The second-order valence-electron chi connectivity index (χ2n) is 3.85. The summed E-state index contributed by atoms with van der Waals surface area (Å²) in [6, 6.07) is 10.7. The third-order valence-corrected chi connectivity index (χ3v) is 3.93. The first-order chi connectivity index (χ1) is 9.61. The van der Waals surface area contributed by atoms with Crippen molar-refractivity contribution in [1.82, 2.24) is 4.98 Å². The molecule has 1 aromatic heterocycles. The smallest absolute Gasteiger partial charge is 0.275 e. The molecule has 0 radical (unpaired) electrons. The fraction of sp³-hybridized carbons (Fsp3) is 0.143. The van der Waals surface area contributed by atoms with Crippen LogP contribution in [-0.4, -0.2) is 16.6 Å². The first-order valence-corrected chi connectivity index (χ1v) is 7.71. The van der Waals surface area contributed by atoms with Gasteiger partial charge in [0.25, 0.3) is 5.91 Å². The number of thioether (sulfide) groups is 1. The van der Waals surface area contributed by atoms with Crippen LogP contribution < -0.4 is 5.32 Å². The molecule has 0 atom stereocenters. The van der Waals surface area contributed by atoms with Gasteiger partial charge in [-0.3, -0.25) is 4.79 Å². The molecule has 0 saturated carbocycles. The van der Waals surface area contributed by atoms with E-state index in [1.807, 2.05) is 24.3 Å². The molecule has 1 amide bonds. The molecule has 0 unspecified atom stereocenters. The summed E-state index contributed by atoms with van der Waals surface area (Å²) >= 11 is 13.4. The van der Waals surface area contributed by atoms with Crippen LogP contribution in [0.5, 0.6) is 0 Å². The zero-order chi connectivity index (χ0) is 14.5. The molecule has 2 aromatic rings. The lowest BCUT2D eigenvalue weighted by molar-refractivity contribution is 0.102. The van der Waals surface area contributed by atoms with Gasteiger partial charge in [-0.05, 0) is 30.0 Å². The van der Waals surface area contributed by atoms with Crippen LogP contribution in [-0.2, 0) is 0 Å². The number of aromatic nitrogens is 1. The number of benzene rings is 1. The van der Waals surface area contributed by atoms with Crippen molar-refractivity contribution in [2.24, 2.45) is 0 Å². The average Bonchev–Trinajstić information content (AvgIpc) is 2.44. The quantitative estimate of drug-likeness (QED) is 0.651. The van der Waals surface area contributed by atoms with Crippen LogP contribution in [0.3, 0.4) is 0 Å². The first kappa shape index (κ1) is 15.2. The van der Waals surface area contributed by atoms with Crippen LogP contribution in [0.25, 0.3) is 0 Å². The molecule has 0 aliphatic carbocycles. The van der Waals surface area contributed by atoms with E-state index in [4.69, 9.17) is 23.2 Å². The van der Waals surface area contributed by atoms with Crippen molar-refractivity contribution < 1.29 is 4.79 Å². The minimum atomic E-state index is -0.373. The molecule has 6 heteroatoms.